The molecule has 162 valence electrons. The number of rotatable bonds is 2. The quantitative estimate of drug-likeness (QED) is 0.758. The number of carboxylic acid groups (broad SMARTS) is 1. The predicted octanol–water partition coefficient (Wildman–Crippen LogP) is 2.09. The number of likely N-dealkylation sites (tertiary alicyclic amines) is 1. The second-order valence-corrected chi connectivity index (χ2v) is 8.49. The van der Waals surface area contributed by atoms with Crippen LogP contribution in [-0.2, 0) is 14.3 Å². The summed E-state index contributed by atoms with van der Waals surface area (Å²) in [5.74, 6) is -2.03. The Morgan fingerprint density at radius 2 is 1.86 bits per heavy atom. The summed E-state index contributed by atoms with van der Waals surface area (Å²) in [4.78, 5) is 25.6. The highest BCUT2D eigenvalue weighted by Crippen LogP contribution is 2.36. The minimum absolute atomic E-state index is 0.162. The van der Waals surface area contributed by atoms with Crippen molar-refractivity contribution in [2.45, 2.75) is 51.0 Å². The van der Waals surface area contributed by atoms with Gasteiger partial charge in [-0.15, -0.1) is 10.2 Å². The summed E-state index contributed by atoms with van der Waals surface area (Å²) in [5.41, 5.74) is 0. The van der Waals surface area contributed by atoms with Gasteiger partial charge in [0.15, 0.2) is 0 Å². The number of hydrogen-bond donors (Lipinski definition) is 1. The number of fused-ring (bicyclic) bond motifs is 1. The molecule has 3 atom stereocenters. The molecular weight excluding hydrogens is 413 g/mol. The number of carbonyl (C=O) groups excluding carboxylic acids is 1. The molecule has 29 heavy (non-hydrogen) atoms. The van der Waals surface area contributed by atoms with Crippen LogP contribution in [0.3, 0.4) is 0 Å². The van der Waals surface area contributed by atoms with Gasteiger partial charge < -0.3 is 19.6 Å². The van der Waals surface area contributed by atoms with E-state index < -0.39 is 12.1 Å². The van der Waals surface area contributed by atoms with E-state index in [9.17, 15) is 18.0 Å². The van der Waals surface area contributed by atoms with Gasteiger partial charge in [-0.05, 0) is 38.5 Å². The Morgan fingerprint density at radius 3 is 2.41 bits per heavy atom. The summed E-state index contributed by atoms with van der Waals surface area (Å²) in [6, 6.07) is 0. The van der Waals surface area contributed by atoms with E-state index in [0.717, 1.165) is 62.0 Å². The number of nitrogens with zero attached hydrogens (tertiary/aromatic N) is 4. The molecule has 12 heteroatoms. The van der Waals surface area contributed by atoms with Crippen molar-refractivity contribution in [3.8, 4) is 0 Å². The van der Waals surface area contributed by atoms with Crippen molar-refractivity contribution in [1.82, 2.24) is 15.1 Å². The monoisotopic (exact) mass is 436 g/mol. The number of hydrogen-bond acceptors (Lipinski definition) is 7. The van der Waals surface area contributed by atoms with Crippen LogP contribution in [0, 0.1) is 12.8 Å². The predicted molar refractivity (Wildman–Crippen MR) is 97.7 cm³/mol. The number of ether oxygens (including phenoxy) is 1. The van der Waals surface area contributed by atoms with Gasteiger partial charge >= 0.3 is 12.1 Å². The number of aromatic nitrogens is 2. The third kappa shape index (κ3) is 5.35. The number of anilines is 1. The highest BCUT2D eigenvalue weighted by molar-refractivity contribution is 7.15. The van der Waals surface area contributed by atoms with Crippen LogP contribution < -0.4 is 4.90 Å². The van der Waals surface area contributed by atoms with E-state index >= 15 is 0 Å². The van der Waals surface area contributed by atoms with Crippen LogP contribution in [0.5, 0.6) is 0 Å². The normalized spacial score (nSPS) is 26.7. The maximum absolute atomic E-state index is 12.5. The molecule has 0 unspecified atom stereocenters. The third-order valence-electron chi connectivity index (χ3n) is 5.27. The van der Waals surface area contributed by atoms with E-state index in [1.54, 1.807) is 11.3 Å². The van der Waals surface area contributed by atoms with Gasteiger partial charge in [-0.25, -0.2) is 4.79 Å². The third-order valence-corrected chi connectivity index (χ3v) is 6.17. The molecule has 1 N–H and O–H groups in total. The molecule has 0 saturated carbocycles. The molecule has 0 spiro atoms. The summed E-state index contributed by atoms with van der Waals surface area (Å²) in [7, 11) is 0. The zero-order valence-corrected chi connectivity index (χ0v) is 16.7. The van der Waals surface area contributed by atoms with Crippen molar-refractivity contribution in [1.29, 1.82) is 0 Å². The summed E-state index contributed by atoms with van der Waals surface area (Å²) >= 11 is 1.63. The van der Waals surface area contributed by atoms with Gasteiger partial charge in [0.25, 0.3) is 5.91 Å². The molecule has 1 amide bonds. The number of aryl methyl sites for hydroxylation is 1. The number of alkyl halides is 3. The number of aliphatic carboxylic acids is 1. The maximum Gasteiger partial charge on any atom is 0.490 e. The van der Waals surface area contributed by atoms with E-state index in [0.29, 0.717) is 5.92 Å². The summed E-state index contributed by atoms with van der Waals surface area (Å²) < 4.78 is 37.9. The number of carbonyl (C=O) groups is 2. The fraction of sp³-hybridized carbons (Fsp3) is 0.765. The van der Waals surface area contributed by atoms with E-state index in [2.05, 4.69) is 15.1 Å². The Labute approximate surface area is 169 Å². The molecule has 3 saturated heterocycles. The van der Waals surface area contributed by atoms with Crippen LogP contribution in [0.2, 0.25) is 0 Å². The molecule has 0 bridgehead atoms. The first-order chi connectivity index (χ1) is 13.6. The Kier molecular flexibility index (Phi) is 6.62. The van der Waals surface area contributed by atoms with Crippen LogP contribution in [0.1, 0.15) is 30.7 Å². The lowest BCUT2D eigenvalue weighted by atomic mass is 9.92. The van der Waals surface area contributed by atoms with E-state index in [1.807, 2.05) is 11.8 Å². The summed E-state index contributed by atoms with van der Waals surface area (Å²) in [5, 5.41) is 17.4. The second-order valence-electron chi connectivity index (χ2n) is 7.33. The molecule has 0 radical (unpaired) electrons. The van der Waals surface area contributed by atoms with Gasteiger partial charge in [-0.3, -0.25) is 4.79 Å². The Hall–Kier alpha value is -1.95. The zero-order valence-electron chi connectivity index (χ0n) is 15.9. The molecule has 3 aliphatic rings. The first kappa shape index (κ1) is 21.8. The van der Waals surface area contributed by atoms with E-state index in [1.165, 1.54) is 0 Å². The SMILES string of the molecule is Cc1nnc(N2CC[C@H]3C[C@H](C(=O)N4CCCC4)O[C@@H]3C2)s1.O=C(O)C(F)(F)F. The molecule has 1 aromatic rings. The van der Waals surface area contributed by atoms with Gasteiger partial charge in [0.05, 0.1) is 6.10 Å². The van der Waals surface area contributed by atoms with Crippen molar-refractivity contribution >= 4 is 28.3 Å². The van der Waals surface area contributed by atoms with Crippen molar-refractivity contribution in [3.05, 3.63) is 5.01 Å². The van der Waals surface area contributed by atoms with E-state index in [-0.39, 0.29) is 18.1 Å². The fourth-order valence-electron chi connectivity index (χ4n) is 3.82. The minimum atomic E-state index is -5.08. The fourth-order valence-corrected chi connectivity index (χ4v) is 4.54. The zero-order chi connectivity index (χ0) is 21.2. The van der Waals surface area contributed by atoms with Gasteiger partial charge in [0.1, 0.15) is 11.1 Å². The topological polar surface area (TPSA) is 95.9 Å². The average molecular weight is 436 g/mol. The standard InChI is InChI=1S/C15H22N4O2S.C2HF3O2/c1-10-16-17-15(22-10)19-7-4-11-8-12(21-13(11)9-19)14(20)18-5-2-3-6-18;3-2(4,5)1(6)7/h11-13H,2-9H2,1H3;(H,6,7)/t11-,12+,13+;/m0./s1. The van der Waals surface area contributed by atoms with Crippen molar-refractivity contribution in [2.24, 2.45) is 5.92 Å². The van der Waals surface area contributed by atoms with Gasteiger partial charge in [0, 0.05) is 26.2 Å². The Morgan fingerprint density at radius 1 is 1.21 bits per heavy atom. The van der Waals surface area contributed by atoms with Crippen molar-refractivity contribution in [2.75, 3.05) is 31.1 Å². The van der Waals surface area contributed by atoms with E-state index in [4.69, 9.17) is 14.6 Å². The van der Waals surface area contributed by atoms with Gasteiger partial charge in [-0.2, -0.15) is 13.2 Å². The molecular formula is C17H23F3N4O4S. The van der Waals surface area contributed by atoms with Crippen LogP contribution >= 0.6 is 11.3 Å². The van der Waals surface area contributed by atoms with Crippen molar-refractivity contribution in [3.63, 3.8) is 0 Å². The Bertz CT molecular complexity index is 739. The maximum atomic E-state index is 12.5. The Balaban J connectivity index is 0.000000298. The molecule has 8 nitrogen and oxygen atoms in total. The molecule has 1 aromatic heterocycles. The number of amides is 1. The minimum Gasteiger partial charge on any atom is -0.475 e. The number of carboxylic acids is 1. The molecule has 3 aliphatic heterocycles. The first-order valence-electron chi connectivity index (χ1n) is 9.44. The van der Waals surface area contributed by atoms with Crippen LogP contribution in [0.15, 0.2) is 0 Å². The highest BCUT2D eigenvalue weighted by Gasteiger charge is 2.43. The van der Waals surface area contributed by atoms with Crippen LogP contribution in [0.25, 0.3) is 0 Å². The number of halogens is 3. The van der Waals surface area contributed by atoms with Crippen LogP contribution in [0.4, 0.5) is 18.3 Å². The van der Waals surface area contributed by atoms with Gasteiger partial charge in [-0.1, -0.05) is 11.3 Å². The molecule has 4 heterocycles. The first-order valence-corrected chi connectivity index (χ1v) is 10.3. The lowest BCUT2D eigenvalue weighted by Gasteiger charge is -2.33. The lowest BCUT2D eigenvalue weighted by Crippen LogP contribution is -2.42. The summed E-state index contributed by atoms with van der Waals surface area (Å²) in [6.45, 7) is 5.62. The smallest absolute Gasteiger partial charge is 0.475 e. The second kappa shape index (κ2) is 8.82. The molecule has 3 fully saturated rings. The van der Waals surface area contributed by atoms with Gasteiger partial charge in [0.2, 0.25) is 5.13 Å². The van der Waals surface area contributed by atoms with Crippen molar-refractivity contribution < 1.29 is 32.6 Å². The highest BCUT2D eigenvalue weighted by atomic mass is 32.1. The lowest BCUT2D eigenvalue weighted by molar-refractivity contribution is -0.192. The molecule has 0 aliphatic carbocycles. The average Bonchev–Trinajstić information content (AvgIpc) is 3.40. The molecule has 4 rings (SSSR count). The number of piperidine rings is 1. The molecule has 0 aromatic carbocycles. The largest absolute Gasteiger partial charge is 0.490 e. The van der Waals surface area contributed by atoms with Crippen LogP contribution in [-0.4, -0.2) is 76.6 Å². The summed E-state index contributed by atoms with van der Waals surface area (Å²) in [6.07, 6.45) is -0.903.